The van der Waals surface area contributed by atoms with E-state index in [1.54, 1.807) is 0 Å². The summed E-state index contributed by atoms with van der Waals surface area (Å²) in [5.41, 5.74) is 16.7. The Morgan fingerprint density at radius 2 is 0.773 bits per heavy atom. The summed E-state index contributed by atoms with van der Waals surface area (Å²) >= 11 is 0. The Labute approximate surface area is 395 Å². The van der Waals surface area contributed by atoms with Crippen LogP contribution in [-0.2, 0) is 37.8 Å². The molecule has 0 fully saturated rings. The maximum atomic E-state index is 2.50. The Hall–Kier alpha value is -6.27. The van der Waals surface area contributed by atoms with Crippen molar-refractivity contribution in [3.05, 3.63) is 160 Å². The van der Waals surface area contributed by atoms with Gasteiger partial charge in [0, 0.05) is 74.9 Å². The maximum absolute atomic E-state index is 2.50. The van der Waals surface area contributed by atoms with Gasteiger partial charge in [0.1, 0.15) is 33.7 Å². The molecule has 342 valence electrons. The number of rotatable bonds is 0. The molecule has 6 heteroatoms. The van der Waals surface area contributed by atoms with Crippen molar-refractivity contribution in [2.75, 3.05) is 0 Å². The van der Waals surface area contributed by atoms with E-state index in [0.717, 1.165) is 0 Å². The summed E-state index contributed by atoms with van der Waals surface area (Å²) in [6.07, 6.45) is 0. The molecule has 3 aromatic heterocycles. The van der Waals surface area contributed by atoms with E-state index in [1.165, 1.54) is 117 Å². The second-order valence-corrected chi connectivity index (χ2v) is 20.0. The largest absolute Gasteiger partial charge is 0.254 e. The fourth-order valence-corrected chi connectivity index (χ4v) is 12.1. The normalized spacial score (nSPS) is 14.6. The lowest BCUT2D eigenvalue weighted by Gasteiger charge is -2.20. The summed E-state index contributed by atoms with van der Waals surface area (Å²) in [7, 11) is 6.48. The number of benzene rings is 6. The van der Waals surface area contributed by atoms with Gasteiger partial charge in [-0.1, -0.05) is 113 Å². The number of hydrogen-bond acceptors (Lipinski definition) is 0. The van der Waals surface area contributed by atoms with Gasteiger partial charge in [0.2, 0.25) is 0 Å². The molecular weight excluding hydrogens is 805 g/mol. The van der Waals surface area contributed by atoms with Crippen LogP contribution >= 0.6 is 0 Å². The lowest BCUT2D eigenvalue weighted by Crippen LogP contribution is -2.52. The minimum Gasteiger partial charge on any atom is -0.234 e. The third-order valence-corrected chi connectivity index (χ3v) is 15.7. The van der Waals surface area contributed by atoms with Crippen LogP contribution in [0.3, 0.4) is 0 Å². The Bertz CT molecular complexity index is 3380. The lowest BCUT2D eigenvalue weighted by atomic mass is 9.88. The third kappa shape index (κ3) is 6.23. The molecule has 0 saturated carbocycles. The molecule has 0 unspecified atom stereocenters. The highest BCUT2D eigenvalue weighted by molar-refractivity contribution is 5.99. The van der Waals surface area contributed by atoms with Gasteiger partial charge in [-0.25, -0.2) is 27.4 Å². The van der Waals surface area contributed by atoms with Crippen LogP contribution in [0, 0.1) is 41.5 Å². The number of fused-ring (bicyclic) bond motifs is 14. The zero-order chi connectivity index (χ0) is 44.8. The van der Waals surface area contributed by atoms with Crippen LogP contribution in [0.1, 0.15) is 115 Å². The third-order valence-electron chi connectivity index (χ3n) is 15.7. The standard InChI is InChI=1S/3C19H21N2.3CH4/c1-12-18-16-10-14-8-6-7-9-15(14)11-17(16)19(3,4)21(18)13(2)20(12)5;1-12-18-17-15-9-7-6-8-14(15)10-11-16(17)19(3,4)21(18)13(2)20(12)5;1-12-18-16-11-10-14-8-6-7-9-15(14)17(16)19(3,4)21(18)13(2)20(12)5;;;/h3*6-11H,1-5H3;3*1H4/q3*+1;;;. The molecule has 0 radical (unpaired) electrons. The number of aromatic nitrogens is 6. The van der Waals surface area contributed by atoms with Gasteiger partial charge in [-0.15, -0.1) is 0 Å². The Kier molecular flexibility index (Phi) is 11.5. The first-order valence-corrected chi connectivity index (χ1v) is 22.7. The average molecular weight is 880 g/mol. The van der Waals surface area contributed by atoms with Crippen molar-refractivity contribution in [2.45, 2.75) is 122 Å². The van der Waals surface area contributed by atoms with Crippen LogP contribution < -0.4 is 13.7 Å². The Morgan fingerprint density at radius 1 is 0.379 bits per heavy atom. The molecule has 3 aliphatic rings. The highest BCUT2D eigenvalue weighted by atomic mass is 15.2. The first kappa shape index (κ1) is 47.7. The molecule has 6 nitrogen and oxygen atoms in total. The van der Waals surface area contributed by atoms with Crippen LogP contribution in [-0.4, -0.2) is 13.7 Å². The molecule has 0 saturated heterocycles. The number of nitrogens with zero attached hydrogens (tertiary/aromatic N) is 6. The Morgan fingerprint density at radius 3 is 1.33 bits per heavy atom. The van der Waals surface area contributed by atoms with Crippen molar-refractivity contribution in [3.63, 3.8) is 0 Å². The van der Waals surface area contributed by atoms with Gasteiger partial charge < -0.3 is 0 Å². The van der Waals surface area contributed by atoms with Crippen LogP contribution in [0.2, 0.25) is 0 Å². The molecule has 12 rings (SSSR count). The molecule has 0 amide bonds. The van der Waals surface area contributed by atoms with E-state index in [2.05, 4.69) is 241 Å². The van der Waals surface area contributed by atoms with Crippen molar-refractivity contribution >= 4 is 32.3 Å². The monoisotopic (exact) mass is 880 g/mol. The summed E-state index contributed by atoms with van der Waals surface area (Å²) in [4.78, 5) is 0. The van der Waals surface area contributed by atoms with Gasteiger partial charge in [-0.05, 0) is 92.1 Å². The van der Waals surface area contributed by atoms with Crippen LogP contribution in [0.5, 0.6) is 0 Å². The molecule has 0 aliphatic carbocycles. The molecular formula is C60H75N6+3. The van der Waals surface area contributed by atoms with Crippen LogP contribution in [0.4, 0.5) is 0 Å². The fraction of sp³-hybridized carbons (Fsp3) is 0.350. The van der Waals surface area contributed by atoms with Gasteiger partial charge in [0.15, 0.2) is 17.1 Å². The first-order chi connectivity index (χ1) is 29.8. The predicted molar refractivity (Wildman–Crippen MR) is 280 cm³/mol. The Balaban J connectivity index is 0.000000144. The molecule has 9 aromatic rings. The van der Waals surface area contributed by atoms with Gasteiger partial charge in [0.25, 0.3) is 17.5 Å². The summed E-state index contributed by atoms with van der Waals surface area (Å²) in [6.45, 7) is 27.3. The van der Waals surface area contributed by atoms with Crippen molar-refractivity contribution in [3.8, 4) is 33.8 Å². The van der Waals surface area contributed by atoms with Gasteiger partial charge in [-0.2, -0.15) is 0 Å². The van der Waals surface area contributed by atoms with Gasteiger partial charge in [0.05, 0.1) is 21.1 Å². The molecule has 6 aromatic carbocycles. The maximum Gasteiger partial charge on any atom is 0.254 e. The van der Waals surface area contributed by atoms with E-state index < -0.39 is 0 Å². The second-order valence-electron chi connectivity index (χ2n) is 20.0. The smallest absolute Gasteiger partial charge is 0.234 e. The van der Waals surface area contributed by atoms with E-state index in [1.807, 2.05) is 0 Å². The van der Waals surface area contributed by atoms with E-state index in [9.17, 15) is 0 Å². The topological polar surface area (TPSA) is 26.4 Å². The fourth-order valence-electron chi connectivity index (χ4n) is 12.1. The molecule has 0 spiro atoms. The summed E-state index contributed by atoms with van der Waals surface area (Å²) in [5, 5.41) is 8.04. The molecule has 66 heavy (non-hydrogen) atoms. The lowest BCUT2D eigenvalue weighted by molar-refractivity contribution is -0.737. The zero-order valence-electron chi connectivity index (χ0n) is 40.1. The highest BCUT2D eigenvalue weighted by Crippen LogP contribution is 2.46. The number of imidazole rings is 3. The van der Waals surface area contributed by atoms with Crippen molar-refractivity contribution in [2.24, 2.45) is 21.1 Å². The van der Waals surface area contributed by atoms with Gasteiger partial charge in [-0.3, -0.25) is 0 Å². The molecule has 0 atom stereocenters. The van der Waals surface area contributed by atoms with E-state index in [4.69, 9.17) is 0 Å². The summed E-state index contributed by atoms with van der Waals surface area (Å²) in [5.74, 6) is 3.94. The van der Waals surface area contributed by atoms with E-state index in [0.29, 0.717) is 0 Å². The van der Waals surface area contributed by atoms with E-state index >= 15 is 0 Å². The van der Waals surface area contributed by atoms with Crippen LogP contribution in [0.15, 0.2) is 109 Å². The second kappa shape index (κ2) is 16.0. The number of hydrogen-bond donors (Lipinski definition) is 0. The first-order valence-electron chi connectivity index (χ1n) is 22.7. The summed E-state index contributed by atoms with van der Waals surface area (Å²) in [6, 6.07) is 39.9. The van der Waals surface area contributed by atoms with Gasteiger partial charge >= 0.3 is 0 Å². The quantitative estimate of drug-likeness (QED) is 0.136. The van der Waals surface area contributed by atoms with Crippen molar-refractivity contribution in [1.82, 2.24) is 13.7 Å². The molecule has 0 bridgehead atoms. The summed E-state index contributed by atoms with van der Waals surface area (Å²) < 4.78 is 14.4. The highest BCUT2D eigenvalue weighted by Gasteiger charge is 2.48. The molecule has 6 heterocycles. The van der Waals surface area contributed by atoms with Crippen molar-refractivity contribution in [1.29, 1.82) is 0 Å². The molecule has 3 aliphatic heterocycles. The minimum atomic E-state index is -0.0123. The zero-order valence-corrected chi connectivity index (χ0v) is 40.1. The predicted octanol–water partition coefficient (Wildman–Crippen LogP) is 13.4. The van der Waals surface area contributed by atoms with E-state index in [-0.39, 0.29) is 38.9 Å². The minimum absolute atomic E-state index is 0. The van der Waals surface area contributed by atoms with Crippen molar-refractivity contribution < 1.29 is 13.7 Å². The SMILES string of the molecule is C.C.C.Cc1c2[n+](c(C)n1C)C(C)(C)c1c-2ccc2ccccc12.Cc1c2[n+](c(C)n1C)C(C)(C)c1cc3ccccc3cc1-2.Cc1c2[n+](c(C)n1C)C(C)(C)c1ccc3ccccc3c1-2. The van der Waals surface area contributed by atoms with Crippen LogP contribution in [0.25, 0.3) is 66.1 Å². The molecule has 0 N–H and O–H groups in total. The average Bonchev–Trinajstić information content (AvgIpc) is 3.98.